The zero-order valence-electron chi connectivity index (χ0n) is 21.5. The van der Waals surface area contributed by atoms with Gasteiger partial charge in [-0.2, -0.15) is 0 Å². The SMILES string of the molecule is COc1cc(C2/C(=C(\O)c3ccc4c(c3)CCCC4)C(=O)C(=O)N2c2ccccc2O)cc(OC)c1OC. The summed E-state index contributed by atoms with van der Waals surface area (Å²) in [6.07, 6.45) is 4.03. The molecule has 5 rings (SSSR count). The summed E-state index contributed by atoms with van der Waals surface area (Å²) >= 11 is 0. The molecule has 38 heavy (non-hydrogen) atoms. The Morgan fingerprint density at radius 1 is 0.868 bits per heavy atom. The van der Waals surface area contributed by atoms with Gasteiger partial charge in [0, 0.05) is 5.56 Å². The molecule has 0 aromatic heterocycles. The first kappa shape index (κ1) is 25.2. The van der Waals surface area contributed by atoms with Gasteiger partial charge in [0.2, 0.25) is 5.75 Å². The molecule has 1 amide bonds. The molecule has 2 aliphatic rings. The number of Topliss-reactive ketones (excluding diaryl/α,β-unsaturated/α-hetero) is 1. The molecule has 0 spiro atoms. The Hall–Kier alpha value is -4.46. The van der Waals surface area contributed by atoms with E-state index in [-0.39, 0.29) is 22.8 Å². The molecule has 0 saturated carbocycles. The first-order valence-corrected chi connectivity index (χ1v) is 12.4. The van der Waals surface area contributed by atoms with Crippen LogP contribution >= 0.6 is 0 Å². The van der Waals surface area contributed by atoms with Crippen molar-refractivity contribution in [3.63, 3.8) is 0 Å². The van der Waals surface area contributed by atoms with Gasteiger partial charge < -0.3 is 24.4 Å². The van der Waals surface area contributed by atoms with Gasteiger partial charge in [0.1, 0.15) is 11.5 Å². The van der Waals surface area contributed by atoms with E-state index in [1.54, 1.807) is 36.4 Å². The number of fused-ring (bicyclic) bond motifs is 1. The summed E-state index contributed by atoms with van der Waals surface area (Å²) in [5, 5.41) is 22.2. The molecular formula is C30H29NO7. The number of aliphatic hydroxyl groups excluding tert-OH is 1. The summed E-state index contributed by atoms with van der Waals surface area (Å²) in [6, 6.07) is 14.1. The largest absolute Gasteiger partial charge is 0.507 e. The van der Waals surface area contributed by atoms with Crippen LogP contribution in [0.15, 0.2) is 60.2 Å². The Kier molecular flexibility index (Phi) is 6.72. The lowest BCUT2D eigenvalue weighted by molar-refractivity contribution is -0.132. The number of phenols is 1. The number of benzene rings is 3. The molecule has 2 N–H and O–H groups in total. The average Bonchev–Trinajstić information content (AvgIpc) is 3.21. The molecule has 1 aliphatic heterocycles. The van der Waals surface area contributed by atoms with Gasteiger partial charge in [0.15, 0.2) is 11.5 Å². The summed E-state index contributed by atoms with van der Waals surface area (Å²) in [5.41, 5.74) is 3.28. The van der Waals surface area contributed by atoms with Gasteiger partial charge in [-0.3, -0.25) is 14.5 Å². The van der Waals surface area contributed by atoms with Crippen molar-refractivity contribution in [1.82, 2.24) is 0 Å². The predicted molar refractivity (Wildman–Crippen MR) is 142 cm³/mol. The van der Waals surface area contributed by atoms with Crippen molar-refractivity contribution in [3.8, 4) is 23.0 Å². The number of aliphatic hydroxyl groups is 1. The highest BCUT2D eigenvalue weighted by molar-refractivity contribution is 6.52. The number of amides is 1. The molecule has 3 aromatic rings. The molecule has 8 heteroatoms. The quantitative estimate of drug-likeness (QED) is 0.273. The highest BCUT2D eigenvalue weighted by atomic mass is 16.5. The van der Waals surface area contributed by atoms with Crippen molar-refractivity contribution in [1.29, 1.82) is 0 Å². The van der Waals surface area contributed by atoms with Gasteiger partial charge in [0.05, 0.1) is 38.6 Å². The molecule has 8 nitrogen and oxygen atoms in total. The molecule has 1 heterocycles. The first-order chi connectivity index (χ1) is 18.4. The number of aromatic hydroxyl groups is 1. The van der Waals surface area contributed by atoms with Crippen LogP contribution in [0.5, 0.6) is 23.0 Å². The van der Waals surface area contributed by atoms with Crippen LogP contribution in [0, 0.1) is 0 Å². The summed E-state index contributed by atoms with van der Waals surface area (Å²) in [4.78, 5) is 28.2. The number of methoxy groups -OCH3 is 3. The maximum absolute atomic E-state index is 13.5. The highest BCUT2D eigenvalue weighted by Crippen LogP contribution is 2.48. The molecule has 0 bridgehead atoms. The normalized spacial score (nSPS) is 18.3. The summed E-state index contributed by atoms with van der Waals surface area (Å²) in [6.45, 7) is 0. The Balaban J connectivity index is 1.76. The van der Waals surface area contributed by atoms with Crippen LogP contribution in [0.2, 0.25) is 0 Å². The fourth-order valence-electron chi connectivity index (χ4n) is 5.36. The number of anilines is 1. The Morgan fingerprint density at radius 3 is 2.16 bits per heavy atom. The zero-order chi connectivity index (χ0) is 27.0. The van der Waals surface area contributed by atoms with Gasteiger partial charge in [-0.25, -0.2) is 0 Å². The number of carbonyl (C=O) groups excluding carboxylic acids is 2. The number of nitrogens with zero attached hydrogens (tertiary/aromatic N) is 1. The third kappa shape index (κ3) is 4.12. The van der Waals surface area contributed by atoms with E-state index >= 15 is 0 Å². The fraction of sp³-hybridized carbons (Fsp3) is 0.267. The van der Waals surface area contributed by atoms with Crippen molar-refractivity contribution < 1.29 is 34.0 Å². The monoisotopic (exact) mass is 515 g/mol. The molecule has 0 radical (unpaired) electrons. The molecule has 1 aliphatic carbocycles. The maximum atomic E-state index is 13.5. The van der Waals surface area contributed by atoms with E-state index in [0.29, 0.717) is 28.4 Å². The molecule has 1 saturated heterocycles. The minimum absolute atomic E-state index is 0.0942. The van der Waals surface area contributed by atoms with Gasteiger partial charge >= 0.3 is 0 Å². The Morgan fingerprint density at radius 2 is 1.53 bits per heavy atom. The van der Waals surface area contributed by atoms with Crippen LogP contribution in [0.4, 0.5) is 5.69 Å². The lowest BCUT2D eigenvalue weighted by Crippen LogP contribution is -2.29. The third-order valence-electron chi connectivity index (χ3n) is 7.21. The standard InChI is InChI=1S/C30H29NO7/c1-36-23-15-20(16-24(37-2)29(23)38-3)26-25(27(33)19-13-12-17-8-4-5-9-18(17)14-19)28(34)30(35)31(26)21-10-6-7-11-22(21)32/h6-7,10-16,26,32-33H,4-5,8-9H2,1-3H3/b27-25+. The van der Waals surface area contributed by atoms with Crippen molar-refractivity contribution in [2.45, 2.75) is 31.7 Å². The van der Waals surface area contributed by atoms with Crippen molar-refractivity contribution in [3.05, 3.63) is 82.4 Å². The number of rotatable bonds is 6. The highest BCUT2D eigenvalue weighted by Gasteiger charge is 2.48. The molecule has 1 unspecified atom stereocenters. The Bertz CT molecular complexity index is 1430. The number of phenolic OH excluding ortho intramolecular Hbond substituents is 1. The molecule has 1 fully saturated rings. The van der Waals surface area contributed by atoms with E-state index in [4.69, 9.17) is 14.2 Å². The second-order valence-corrected chi connectivity index (χ2v) is 9.31. The number of ether oxygens (including phenoxy) is 3. The van der Waals surface area contributed by atoms with Crippen LogP contribution in [0.3, 0.4) is 0 Å². The minimum Gasteiger partial charge on any atom is -0.507 e. The van der Waals surface area contributed by atoms with Crippen molar-refractivity contribution in [2.24, 2.45) is 0 Å². The second-order valence-electron chi connectivity index (χ2n) is 9.31. The number of carbonyl (C=O) groups is 2. The van der Waals surface area contributed by atoms with Crippen LogP contribution in [0.25, 0.3) is 5.76 Å². The van der Waals surface area contributed by atoms with Gasteiger partial charge in [-0.1, -0.05) is 24.3 Å². The maximum Gasteiger partial charge on any atom is 0.300 e. The van der Waals surface area contributed by atoms with Crippen molar-refractivity contribution in [2.75, 3.05) is 26.2 Å². The second kappa shape index (κ2) is 10.1. The first-order valence-electron chi connectivity index (χ1n) is 12.4. The molecule has 3 aromatic carbocycles. The lowest BCUT2D eigenvalue weighted by Gasteiger charge is -2.27. The van der Waals surface area contributed by atoms with Gasteiger partial charge in [0.25, 0.3) is 11.7 Å². The number of aryl methyl sites for hydroxylation is 2. The zero-order valence-corrected chi connectivity index (χ0v) is 21.5. The van der Waals surface area contributed by atoms with E-state index in [1.807, 2.05) is 12.1 Å². The summed E-state index contributed by atoms with van der Waals surface area (Å²) < 4.78 is 16.5. The number of para-hydroxylation sites is 2. The van der Waals surface area contributed by atoms with Crippen LogP contribution in [-0.4, -0.2) is 43.2 Å². The minimum atomic E-state index is -1.08. The number of hydrogen-bond acceptors (Lipinski definition) is 7. The predicted octanol–water partition coefficient (Wildman–Crippen LogP) is 4.92. The molecule has 1 atom stereocenters. The van der Waals surface area contributed by atoms with Gasteiger partial charge in [-0.15, -0.1) is 0 Å². The van der Waals surface area contributed by atoms with E-state index < -0.39 is 17.7 Å². The van der Waals surface area contributed by atoms with E-state index in [2.05, 4.69) is 0 Å². The van der Waals surface area contributed by atoms with Crippen molar-refractivity contribution >= 4 is 23.1 Å². The van der Waals surface area contributed by atoms with E-state index in [1.165, 1.54) is 37.9 Å². The summed E-state index contributed by atoms with van der Waals surface area (Å²) in [5.74, 6) is -1.22. The lowest BCUT2D eigenvalue weighted by atomic mass is 9.88. The molecule has 196 valence electrons. The smallest absolute Gasteiger partial charge is 0.300 e. The number of hydrogen-bond donors (Lipinski definition) is 2. The number of ketones is 1. The van der Waals surface area contributed by atoms with Crippen LogP contribution < -0.4 is 19.1 Å². The van der Waals surface area contributed by atoms with E-state index in [9.17, 15) is 19.8 Å². The third-order valence-corrected chi connectivity index (χ3v) is 7.21. The van der Waals surface area contributed by atoms with Gasteiger partial charge in [-0.05, 0) is 72.7 Å². The topological polar surface area (TPSA) is 106 Å². The Labute approximate surface area is 220 Å². The fourth-order valence-corrected chi connectivity index (χ4v) is 5.36. The average molecular weight is 516 g/mol. The van der Waals surface area contributed by atoms with Crippen LogP contribution in [-0.2, 0) is 22.4 Å². The molecular weight excluding hydrogens is 486 g/mol. The summed E-state index contributed by atoms with van der Waals surface area (Å²) in [7, 11) is 4.41. The van der Waals surface area contributed by atoms with E-state index in [0.717, 1.165) is 31.2 Å². The van der Waals surface area contributed by atoms with Crippen LogP contribution in [0.1, 0.15) is 41.1 Å².